The molecule has 31 heavy (non-hydrogen) atoms. The first-order valence-corrected chi connectivity index (χ1v) is 11.0. The molecule has 2 aromatic carbocycles. The molecule has 0 saturated carbocycles. The lowest BCUT2D eigenvalue weighted by Crippen LogP contribution is -2.35. The molecule has 0 fully saturated rings. The molecule has 2 aromatic rings. The minimum Gasteiger partial charge on any atom is -0.493 e. The van der Waals surface area contributed by atoms with Crippen LogP contribution in [0, 0.1) is 0 Å². The Morgan fingerprint density at radius 2 is 1.68 bits per heavy atom. The van der Waals surface area contributed by atoms with Gasteiger partial charge in [-0.2, -0.15) is 0 Å². The molecule has 6 nitrogen and oxygen atoms in total. The van der Waals surface area contributed by atoms with Crippen LogP contribution in [0.2, 0.25) is 0 Å². The van der Waals surface area contributed by atoms with Gasteiger partial charge in [0, 0.05) is 22.3 Å². The van der Waals surface area contributed by atoms with Gasteiger partial charge in [-0.05, 0) is 58.6 Å². The maximum absolute atomic E-state index is 13.4. The van der Waals surface area contributed by atoms with E-state index in [1.807, 2.05) is 12.1 Å². The molecule has 0 bridgehead atoms. The van der Waals surface area contributed by atoms with Gasteiger partial charge < -0.3 is 23.8 Å². The van der Waals surface area contributed by atoms with E-state index >= 15 is 0 Å². The van der Waals surface area contributed by atoms with Crippen LogP contribution in [0.1, 0.15) is 41.3 Å². The molecule has 0 N–H and O–H groups in total. The lowest BCUT2D eigenvalue weighted by molar-refractivity contribution is 0.0832. The summed E-state index contributed by atoms with van der Waals surface area (Å²) < 4.78 is 22.8. The van der Waals surface area contributed by atoms with Crippen LogP contribution in [0.25, 0.3) is 5.70 Å². The third-order valence-electron chi connectivity index (χ3n) is 5.34. The maximum atomic E-state index is 13.4. The highest BCUT2D eigenvalue weighted by Crippen LogP contribution is 2.39. The second kappa shape index (κ2) is 10.1. The molecule has 0 unspecified atom stereocenters. The highest BCUT2D eigenvalue weighted by atomic mass is 79.9. The van der Waals surface area contributed by atoms with Gasteiger partial charge >= 0.3 is 0 Å². The van der Waals surface area contributed by atoms with Crippen LogP contribution in [0.15, 0.2) is 35.3 Å². The van der Waals surface area contributed by atoms with Crippen molar-refractivity contribution in [3.63, 3.8) is 0 Å². The van der Waals surface area contributed by atoms with Crippen LogP contribution in [0.5, 0.6) is 23.0 Å². The number of carbonyl (C=O) groups excluding carboxylic acids is 1. The van der Waals surface area contributed by atoms with E-state index in [4.69, 9.17) is 18.9 Å². The van der Waals surface area contributed by atoms with Gasteiger partial charge in [0.1, 0.15) is 0 Å². The number of hydrogen-bond acceptors (Lipinski definition) is 5. The van der Waals surface area contributed by atoms with Gasteiger partial charge in [0.25, 0.3) is 5.91 Å². The highest BCUT2D eigenvalue weighted by Gasteiger charge is 2.29. The Bertz CT molecular complexity index is 988. The highest BCUT2D eigenvalue weighted by molar-refractivity contribution is 9.10. The van der Waals surface area contributed by atoms with Crippen molar-refractivity contribution in [2.45, 2.75) is 26.2 Å². The Morgan fingerprint density at radius 3 is 2.32 bits per heavy atom. The lowest BCUT2D eigenvalue weighted by Gasteiger charge is -2.32. The van der Waals surface area contributed by atoms with Crippen molar-refractivity contribution >= 4 is 27.5 Å². The fourth-order valence-corrected chi connectivity index (χ4v) is 4.07. The quantitative estimate of drug-likeness (QED) is 0.469. The summed E-state index contributed by atoms with van der Waals surface area (Å²) in [6.07, 6.45) is 2.69. The third kappa shape index (κ3) is 4.66. The number of ether oxygens (including phenoxy) is 4. The average Bonchev–Trinajstić information content (AvgIpc) is 2.78. The molecule has 0 spiro atoms. The molecule has 1 heterocycles. The Hall–Kier alpha value is -2.67. The zero-order valence-electron chi connectivity index (χ0n) is 18.4. The molecule has 7 heteroatoms. The van der Waals surface area contributed by atoms with Gasteiger partial charge in [0.2, 0.25) is 0 Å². The van der Waals surface area contributed by atoms with Gasteiger partial charge in [-0.3, -0.25) is 4.79 Å². The summed E-state index contributed by atoms with van der Waals surface area (Å²) in [5, 5.41) is 0. The van der Waals surface area contributed by atoms with E-state index in [0.29, 0.717) is 58.3 Å². The van der Waals surface area contributed by atoms with Crippen molar-refractivity contribution in [2.75, 3.05) is 34.5 Å². The Balaban J connectivity index is 1.93. The number of nitrogens with zero attached hydrogens (tertiary/aromatic N) is 1. The first-order valence-electron chi connectivity index (χ1n) is 10.2. The molecule has 0 aromatic heterocycles. The number of hydrogen-bond donors (Lipinski definition) is 0. The van der Waals surface area contributed by atoms with Gasteiger partial charge in [0.15, 0.2) is 23.0 Å². The minimum absolute atomic E-state index is 0.159. The van der Waals surface area contributed by atoms with Gasteiger partial charge in [-0.25, -0.2) is 0 Å². The van der Waals surface area contributed by atoms with E-state index in [-0.39, 0.29) is 5.91 Å². The first kappa shape index (κ1) is 23.0. The van der Waals surface area contributed by atoms with Crippen LogP contribution in [-0.2, 0) is 6.42 Å². The van der Waals surface area contributed by atoms with Crippen LogP contribution >= 0.6 is 15.9 Å². The Labute approximate surface area is 191 Å². The summed E-state index contributed by atoms with van der Waals surface area (Å²) in [6.45, 7) is 7.47. The van der Waals surface area contributed by atoms with Gasteiger partial charge in [-0.1, -0.05) is 19.9 Å². The normalized spacial score (nSPS) is 12.9. The number of methoxy groups -OCH3 is 3. The zero-order chi connectivity index (χ0) is 22.5. The number of benzene rings is 2. The molecule has 0 radical (unpaired) electrons. The topological polar surface area (TPSA) is 57.2 Å². The number of carbonyl (C=O) groups is 1. The molecule has 166 valence electrons. The van der Waals surface area contributed by atoms with Crippen LogP contribution < -0.4 is 18.9 Å². The maximum Gasteiger partial charge on any atom is 0.259 e. The summed E-state index contributed by atoms with van der Waals surface area (Å²) in [4.78, 5) is 15.1. The van der Waals surface area contributed by atoms with Crippen molar-refractivity contribution in [2.24, 2.45) is 0 Å². The van der Waals surface area contributed by atoms with E-state index in [9.17, 15) is 4.79 Å². The van der Waals surface area contributed by atoms with Crippen LogP contribution in [-0.4, -0.2) is 45.3 Å². The Kier molecular flexibility index (Phi) is 7.49. The van der Waals surface area contributed by atoms with E-state index in [0.717, 1.165) is 24.0 Å². The van der Waals surface area contributed by atoms with Crippen molar-refractivity contribution in [1.82, 2.24) is 4.90 Å². The predicted molar refractivity (Wildman–Crippen MR) is 124 cm³/mol. The monoisotopic (exact) mass is 489 g/mol. The average molecular weight is 490 g/mol. The lowest BCUT2D eigenvalue weighted by atomic mass is 9.95. The van der Waals surface area contributed by atoms with Gasteiger partial charge in [0.05, 0.1) is 33.5 Å². The summed E-state index contributed by atoms with van der Waals surface area (Å²) in [6, 6.07) is 7.32. The Morgan fingerprint density at radius 1 is 1.03 bits per heavy atom. The SMILES string of the molecule is C=C1c2cc(OCCCC)c(OC)cc2CCN1C(=O)c1cc(OC)c(OC)cc1Br. The molecular formula is C24H28BrNO5. The number of fused-ring (bicyclic) bond motifs is 1. The molecule has 0 atom stereocenters. The second-order valence-electron chi connectivity index (χ2n) is 7.20. The zero-order valence-corrected chi connectivity index (χ0v) is 20.0. The molecule has 0 saturated heterocycles. The van der Waals surface area contributed by atoms with E-state index in [2.05, 4.69) is 29.4 Å². The molecule has 1 aliphatic heterocycles. The minimum atomic E-state index is -0.159. The summed E-state index contributed by atoms with van der Waals surface area (Å²) >= 11 is 3.49. The largest absolute Gasteiger partial charge is 0.493 e. The molecule has 0 aliphatic carbocycles. The van der Waals surface area contributed by atoms with Crippen LogP contribution in [0.3, 0.4) is 0 Å². The van der Waals surface area contributed by atoms with E-state index in [1.54, 1.807) is 38.4 Å². The van der Waals surface area contributed by atoms with Crippen molar-refractivity contribution < 1.29 is 23.7 Å². The van der Waals surface area contributed by atoms with Crippen LogP contribution in [0.4, 0.5) is 0 Å². The molecule has 3 rings (SSSR count). The molecule has 1 aliphatic rings. The van der Waals surface area contributed by atoms with E-state index in [1.165, 1.54) is 0 Å². The number of halogens is 1. The van der Waals surface area contributed by atoms with Crippen molar-refractivity contribution in [1.29, 1.82) is 0 Å². The van der Waals surface area contributed by atoms with Crippen molar-refractivity contribution in [3.05, 3.63) is 52.0 Å². The number of rotatable bonds is 8. The molecule has 1 amide bonds. The second-order valence-corrected chi connectivity index (χ2v) is 8.06. The van der Waals surface area contributed by atoms with E-state index < -0.39 is 0 Å². The van der Waals surface area contributed by atoms with Gasteiger partial charge in [-0.15, -0.1) is 0 Å². The number of unbranched alkanes of at least 4 members (excludes halogenated alkanes) is 1. The standard InChI is InChI=1S/C24H28BrNO5/c1-6-7-10-31-23-12-17-15(2)26(9-8-16(17)11-20(23)28-3)24(27)18-13-21(29-4)22(30-5)14-19(18)25/h11-14H,2,6-10H2,1,3-5H3. The summed E-state index contributed by atoms with van der Waals surface area (Å²) in [5.41, 5.74) is 3.09. The molecular weight excluding hydrogens is 462 g/mol. The summed E-state index contributed by atoms with van der Waals surface area (Å²) in [5.74, 6) is 2.25. The predicted octanol–water partition coefficient (Wildman–Crippen LogP) is 5.32. The fraction of sp³-hybridized carbons (Fsp3) is 0.375. The van der Waals surface area contributed by atoms with Crippen molar-refractivity contribution in [3.8, 4) is 23.0 Å². The first-order chi connectivity index (χ1) is 14.9. The third-order valence-corrected chi connectivity index (χ3v) is 5.99. The fourth-order valence-electron chi connectivity index (χ4n) is 3.58. The smallest absolute Gasteiger partial charge is 0.259 e. The number of amides is 1. The summed E-state index contributed by atoms with van der Waals surface area (Å²) in [7, 11) is 4.74.